The Morgan fingerprint density at radius 3 is 2.93 bits per heavy atom. The molecule has 1 heterocycles. The Balaban J connectivity index is 2.52. The maximum Gasteiger partial charge on any atom is 0.242 e. The third-order valence-corrected chi connectivity index (χ3v) is 3.17. The molecule has 7 heteroatoms. The smallest absolute Gasteiger partial charge is 0.242 e. The molecule has 86 valence electrons. The standard InChI is InChI=1S/C8H14N2O4S/c1-14-6-7(11)4-10-15(12,13)8-2-3-9-5-8/h2-3,5,7,9-11H,4,6H2,1H3. The third kappa shape index (κ3) is 3.63. The zero-order chi connectivity index (χ0) is 11.3. The molecular formula is C8H14N2O4S. The van der Waals surface area contributed by atoms with E-state index in [9.17, 15) is 13.5 Å². The lowest BCUT2D eigenvalue weighted by Gasteiger charge is -2.10. The van der Waals surface area contributed by atoms with E-state index in [0.717, 1.165) is 0 Å². The second kappa shape index (κ2) is 5.26. The maximum atomic E-state index is 11.5. The summed E-state index contributed by atoms with van der Waals surface area (Å²) in [7, 11) is -2.09. The summed E-state index contributed by atoms with van der Waals surface area (Å²) >= 11 is 0. The number of ether oxygens (including phenoxy) is 1. The highest BCUT2D eigenvalue weighted by molar-refractivity contribution is 7.89. The largest absolute Gasteiger partial charge is 0.389 e. The van der Waals surface area contributed by atoms with E-state index in [1.54, 1.807) is 0 Å². The second-order valence-corrected chi connectivity index (χ2v) is 4.77. The first-order valence-corrected chi connectivity index (χ1v) is 5.84. The molecule has 6 nitrogen and oxygen atoms in total. The zero-order valence-corrected chi connectivity index (χ0v) is 9.12. The van der Waals surface area contributed by atoms with Crippen molar-refractivity contribution in [2.24, 2.45) is 0 Å². The van der Waals surface area contributed by atoms with Gasteiger partial charge in [0.2, 0.25) is 10.0 Å². The average molecular weight is 234 g/mol. The zero-order valence-electron chi connectivity index (χ0n) is 8.30. The highest BCUT2D eigenvalue weighted by Gasteiger charge is 2.15. The fourth-order valence-electron chi connectivity index (χ4n) is 1.02. The van der Waals surface area contributed by atoms with Crippen LogP contribution in [0.15, 0.2) is 23.4 Å². The van der Waals surface area contributed by atoms with Gasteiger partial charge in [-0.2, -0.15) is 0 Å². The molecule has 3 N–H and O–H groups in total. The molecule has 1 unspecified atom stereocenters. The number of hydrogen-bond donors (Lipinski definition) is 3. The van der Waals surface area contributed by atoms with Gasteiger partial charge in [-0.3, -0.25) is 0 Å². The predicted octanol–water partition coefficient (Wildman–Crippen LogP) is -0.700. The molecule has 0 aliphatic carbocycles. The predicted molar refractivity (Wildman–Crippen MR) is 53.9 cm³/mol. The summed E-state index contributed by atoms with van der Waals surface area (Å²) in [4.78, 5) is 2.79. The van der Waals surface area contributed by atoms with E-state index in [1.807, 2.05) is 0 Å². The Labute approximate surface area is 88.3 Å². The van der Waals surface area contributed by atoms with Crippen molar-refractivity contribution in [2.75, 3.05) is 20.3 Å². The quantitative estimate of drug-likeness (QED) is 0.607. The molecule has 0 saturated heterocycles. The van der Waals surface area contributed by atoms with E-state index >= 15 is 0 Å². The van der Waals surface area contributed by atoms with Crippen LogP contribution in [0.1, 0.15) is 0 Å². The SMILES string of the molecule is COCC(O)CNS(=O)(=O)c1cc[nH]c1. The summed E-state index contributed by atoms with van der Waals surface area (Å²) in [6.45, 7) is 0.0248. The van der Waals surface area contributed by atoms with E-state index in [1.165, 1.54) is 25.6 Å². The van der Waals surface area contributed by atoms with Crippen LogP contribution in [0.5, 0.6) is 0 Å². The van der Waals surface area contributed by atoms with Crippen LogP contribution in [-0.4, -0.2) is 44.9 Å². The van der Waals surface area contributed by atoms with Crippen molar-refractivity contribution >= 4 is 10.0 Å². The Hall–Kier alpha value is -0.890. The highest BCUT2D eigenvalue weighted by atomic mass is 32.2. The minimum Gasteiger partial charge on any atom is -0.389 e. The number of aromatic amines is 1. The molecule has 0 aliphatic heterocycles. The van der Waals surface area contributed by atoms with Gasteiger partial charge in [0, 0.05) is 26.0 Å². The first-order chi connectivity index (χ1) is 7.06. The first kappa shape index (κ1) is 12.2. The van der Waals surface area contributed by atoms with Crippen molar-refractivity contribution in [3.63, 3.8) is 0 Å². The van der Waals surface area contributed by atoms with Gasteiger partial charge < -0.3 is 14.8 Å². The molecule has 0 radical (unpaired) electrons. The monoisotopic (exact) mass is 234 g/mol. The normalized spacial score (nSPS) is 14.0. The van der Waals surface area contributed by atoms with Crippen LogP contribution in [0.25, 0.3) is 0 Å². The molecule has 0 fully saturated rings. The molecule has 0 spiro atoms. The van der Waals surface area contributed by atoms with Gasteiger partial charge in [0.15, 0.2) is 0 Å². The van der Waals surface area contributed by atoms with Crippen molar-refractivity contribution in [1.29, 1.82) is 0 Å². The fourth-order valence-corrected chi connectivity index (χ4v) is 2.07. The maximum absolute atomic E-state index is 11.5. The molecule has 0 saturated carbocycles. The van der Waals surface area contributed by atoms with Crippen molar-refractivity contribution < 1.29 is 18.3 Å². The van der Waals surface area contributed by atoms with Crippen LogP contribution < -0.4 is 4.72 Å². The van der Waals surface area contributed by atoms with Crippen LogP contribution in [0.2, 0.25) is 0 Å². The van der Waals surface area contributed by atoms with E-state index in [2.05, 4.69) is 14.4 Å². The number of H-pyrrole nitrogens is 1. The van der Waals surface area contributed by atoms with Gasteiger partial charge in [0.25, 0.3) is 0 Å². The van der Waals surface area contributed by atoms with Crippen molar-refractivity contribution in [3.05, 3.63) is 18.5 Å². The van der Waals surface area contributed by atoms with Gasteiger partial charge in [-0.1, -0.05) is 0 Å². The molecule has 15 heavy (non-hydrogen) atoms. The summed E-state index contributed by atoms with van der Waals surface area (Å²) in [6.07, 6.45) is 2.04. The number of rotatable bonds is 6. The van der Waals surface area contributed by atoms with Crippen LogP contribution in [-0.2, 0) is 14.8 Å². The lowest BCUT2D eigenvalue weighted by molar-refractivity contribution is 0.0679. The summed E-state index contributed by atoms with van der Waals surface area (Å²) in [5, 5.41) is 9.25. The molecular weight excluding hydrogens is 220 g/mol. The van der Waals surface area contributed by atoms with E-state index in [-0.39, 0.29) is 18.0 Å². The molecule has 1 atom stereocenters. The average Bonchev–Trinajstić information content (AvgIpc) is 2.69. The number of aromatic nitrogens is 1. The van der Waals surface area contributed by atoms with Gasteiger partial charge in [0.1, 0.15) is 0 Å². The Kier molecular flexibility index (Phi) is 4.28. The molecule has 0 amide bonds. The lowest BCUT2D eigenvalue weighted by Crippen LogP contribution is -2.34. The number of hydrogen-bond acceptors (Lipinski definition) is 4. The second-order valence-electron chi connectivity index (χ2n) is 3.01. The number of methoxy groups -OCH3 is 1. The van der Waals surface area contributed by atoms with Crippen LogP contribution in [0.3, 0.4) is 0 Å². The van der Waals surface area contributed by atoms with Crippen molar-refractivity contribution in [3.8, 4) is 0 Å². The minimum atomic E-state index is -3.53. The molecule has 1 rings (SSSR count). The van der Waals surface area contributed by atoms with Crippen LogP contribution in [0, 0.1) is 0 Å². The van der Waals surface area contributed by atoms with E-state index in [0.29, 0.717) is 0 Å². The summed E-state index contributed by atoms with van der Waals surface area (Å²) in [5.74, 6) is 0. The summed E-state index contributed by atoms with van der Waals surface area (Å²) in [5.41, 5.74) is 0. The van der Waals surface area contributed by atoms with Crippen molar-refractivity contribution in [2.45, 2.75) is 11.0 Å². The molecule has 1 aromatic heterocycles. The van der Waals surface area contributed by atoms with Gasteiger partial charge >= 0.3 is 0 Å². The van der Waals surface area contributed by atoms with E-state index in [4.69, 9.17) is 0 Å². The highest BCUT2D eigenvalue weighted by Crippen LogP contribution is 2.05. The minimum absolute atomic E-state index is 0.0681. The van der Waals surface area contributed by atoms with Crippen LogP contribution >= 0.6 is 0 Å². The van der Waals surface area contributed by atoms with Crippen LogP contribution in [0.4, 0.5) is 0 Å². The Bertz CT molecular complexity index is 373. The number of aliphatic hydroxyl groups is 1. The number of aliphatic hydroxyl groups excluding tert-OH is 1. The fraction of sp³-hybridized carbons (Fsp3) is 0.500. The summed E-state index contributed by atoms with van der Waals surface area (Å²) in [6, 6.07) is 1.44. The third-order valence-electron chi connectivity index (χ3n) is 1.75. The van der Waals surface area contributed by atoms with Gasteiger partial charge in [-0.05, 0) is 6.07 Å². The molecule has 1 aromatic rings. The molecule has 0 aliphatic rings. The van der Waals surface area contributed by atoms with E-state index < -0.39 is 16.1 Å². The molecule has 0 bridgehead atoms. The van der Waals surface area contributed by atoms with Gasteiger partial charge in [-0.15, -0.1) is 0 Å². The Morgan fingerprint density at radius 2 is 2.40 bits per heavy atom. The van der Waals surface area contributed by atoms with Gasteiger partial charge in [-0.25, -0.2) is 13.1 Å². The van der Waals surface area contributed by atoms with Crippen molar-refractivity contribution in [1.82, 2.24) is 9.71 Å². The number of nitrogens with one attached hydrogen (secondary N) is 2. The first-order valence-electron chi connectivity index (χ1n) is 4.35. The topological polar surface area (TPSA) is 91.4 Å². The summed E-state index contributed by atoms with van der Waals surface area (Å²) < 4.78 is 30.0. The Morgan fingerprint density at radius 1 is 1.67 bits per heavy atom. The lowest BCUT2D eigenvalue weighted by atomic mass is 10.4. The molecule has 0 aromatic carbocycles. The van der Waals surface area contributed by atoms with Gasteiger partial charge in [0.05, 0.1) is 17.6 Å². The number of sulfonamides is 1.